The molecule has 2 aromatic carbocycles. The van der Waals surface area contributed by atoms with Crippen LogP contribution in [0.15, 0.2) is 59.5 Å². The number of allylic oxidation sites excluding steroid dienone is 2. The van der Waals surface area contributed by atoms with Crippen LogP contribution in [0, 0.1) is 25.2 Å². The van der Waals surface area contributed by atoms with Gasteiger partial charge in [-0.15, -0.1) is 0 Å². The first kappa shape index (κ1) is 31.2. The summed E-state index contributed by atoms with van der Waals surface area (Å²) in [6, 6.07) is 12.2. The smallest absolute Gasteiger partial charge is 0.243 e. The Bertz CT molecular complexity index is 1450. The number of rotatable bonds is 5. The van der Waals surface area contributed by atoms with Crippen LogP contribution in [0.25, 0.3) is 0 Å². The Balaban J connectivity index is 1.42. The summed E-state index contributed by atoms with van der Waals surface area (Å²) in [5, 5.41) is 6.32. The highest BCUT2D eigenvalue weighted by molar-refractivity contribution is 7.89. The van der Waals surface area contributed by atoms with Crippen molar-refractivity contribution >= 4 is 21.8 Å². The Morgan fingerprint density at radius 1 is 1.02 bits per heavy atom. The minimum Gasteiger partial charge on any atom is -0.496 e. The number of hydrogen-bond donors (Lipinski definition) is 2. The Morgan fingerprint density at radius 3 is 2.49 bits per heavy atom. The number of piperidine rings is 1. The molecule has 0 bridgehead atoms. The molecule has 0 radical (unpaired) electrons. The predicted octanol–water partition coefficient (Wildman–Crippen LogP) is 3.68. The molecular formula is C33H43N3O6S. The van der Waals surface area contributed by atoms with Crippen molar-refractivity contribution in [3.63, 3.8) is 0 Å². The Labute approximate surface area is 255 Å². The van der Waals surface area contributed by atoms with E-state index in [9.17, 15) is 18.0 Å². The van der Waals surface area contributed by atoms with Gasteiger partial charge in [-0.25, -0.2) is 8.42 Å². The second-order valence-corrected chi connectivity index (χ2v) is 14.0. The van der Waals surface area contributed by atoms with Crippen LogP contribution in [0.3, 0.4) is 0 Å². The van der Waals surface area contributed by atoms with Crippen LogP contribution in [-0.4, -0.2) is 70.0 Å². The lowest BCUT2D eigenvalue weighted by molar-refractivity contribution is -0.140. The zero-order valence-corrected chi connectivity index (χ0v) is 26.1. The van der Waals surface area contributed by atoms with Crippen molar-refractivity contribution < 1.29 is 27.5 Å². The number of carbonyl (C=O) groups is 2. The number of hydrogen-bond acceptors (Lipinski definition) is 6. The molecule has 2 N–H and O–H groups in total. The third-order valence-corrected chi connectivity index (χ3v) is 11.3. The molecule has 0 saturated carbocycles. The summed E-state index contributed by atoms with van der Waals surface area (Å²) in [6.07, 6.45) is 7.27. The second kappa shape index (κ2) is 13.2. The van der Waals surface area contributed by atoms with E-state index in [2.05, 4.69) is 22.8 Å². The fourth-order valence-corrected chi connectivity index (χ4v) is 8.37. The first-order valence-corrected chi connectivity index (χ1v) is 16.6. The van der Waals surface area contributed by atoms with Gasteiger partial charge < -0.3 is 20.1 Å². The maximum absolute atomic E-state index is 13.9. The van der Waals surface area contributed by atoms with E-state index in [0.29, 0.717) is 63.1 Å². The molecular weight excluding hydrogens is 566 g/mol. The normalized spacial score (nSPS) is 25.9. The number of ether oxygens (including phenoxy) is 2. The van der Waals surface area contributed by atoms with Crippen LogP contribution in [0.2, 0.25) is 0 Å². The van der Waals surface area contributed by atoms with Crippen molar-refractivity contribution in [2.45, 2.75) is 69.4 Å². The number of benzene rings is 2. The largest absolute Gasteiger partial charge is 0.496 e. The average Bonchev–Trinajstić information content (AvgIpc) is 3.00. The SMILES string of the molecule is COc1cc(C)c(S(=O)(=O)N2CC[C@@H]3NC(=O)[C@@H](Cc4ccccc4)NC(=O)C4(C/C=C/C[C@@H]3C2)CCOCC4)cc1C. The molecule has 2 fully saturated rings. The Morgan fingerprint density at radius 2 is 1.77 bits per heavy atom. The van der Waals surface area contributed by atoms with E-state index < -0.39 is 21.5 Å². The summed E-state index contributed by atoms with van der Waals surface area (Å²) < 4.78 is 40.3. The fraction of sp³-hybridized carbons (Fsp3) is 0.515. The summed E-state index contributed by atoms with van der Waals surface area (Å²) >= 11 is 0. The number of nitrogens with zero attached hydrogens (tertiary/aromatic N) is 1. The molecule has 2 aromatic rings. The van der Waals surface area contributed by atoms with Crippen molar-refractivity contribution in [2.75, 3.05) is 33.4 Å². The van der Waals surface area contributed by atoms with E-state index >= 15 is 0 Å². The van der Waals surface area contributed by atoms with E-state index in [1.807, 2.05) is 37.3 Å². The molecule has 0 aliphatic carbocycles. The Kier molecular flexibility index (Phi) is 9.58. The van der Waals surface area contributed by atoms with Gasteiger partial charge >= 0.3 is 0 Å². The van der Waals surface area contributed by atoms with Gasteiger partial charge in [0, 0.05) is 38.8 Å². The third kappa shape index (κ3) is 6.81. The van der Waals surface area contributed by atoms with E-state index in [0.717, 1.165) is 11.1 Å². The van der Waals surface area contributed by atoms with Crippen LogP contribution < -0.4 is 15.4 Å². The zero-order valence-electron chi connectivity index (χ0n) is 25.3. The van der Waals surface area contributed by atoms with Crippen molar-refractivity contribution in [1.82, 2.24) is 14.9 Å². The van der Waals surface area contributed by atoms with E-state index in [1.54, 1.807) is 30.5 Å². The van der Waals surface area contributed by atoms with Gasteiger partial charge in [-0.1, -0.05) is 42.5 Å². The molecule has 3 heterocycles. The van der Waals surface area contributed by atoms with Gasteiger partial charge in [0.05, 0.1) is 17.4 Å². The number of nitrogens with one attached hydrogen (secondary N) is 2. The average molecular weight is 610 g/mol. The lowest BCUT2D eigenvalue weighted by Gasteiger charge is -2.40. The summed E-state index contributed by atoms with van der Waals surface area (Å²) in [5.74, 6) is 0.180. The lowest BCUT2D eigenvalue weighted by Crippen LogP contribution is -2.58. The summed E-state index contributed by atoms with van der Waals surface area (Å²) in [4.78, 5) is 27.9. The highest BCUT2D eigenvalue weighted by Crippen LogP contribution is 2.36. The molecule has 0 unspecified atom stereocenters. The van der Waals surface area contributed by atoms with Gasteiger partial charge in [0.2, 0.25) is 21.8 Å². The molecule has 3 aliphatic rings. The van der Waals surface area contributed by atoms with Gasteiger partial charge in [0.15, 0.2) is 0 Å². The van der Waals surface area contributed by atoms with Crippen LogP contribution in [-0.2, 0) is 30.8 Å². The second-order valence-electron chi connectivity index (χ2n) is 12.1. The molecule has 2 saturated heterocycles. The van der Waals surface area contributed by atoms with Crippen LogP contribution in [0.1, 0.15) is 48.8 Å². The molecule has 3 atom stereocenters. The summed E-state index contributed by atoms with van der Waals surface area (Å²) in [7, 11) is -2.19. The maximum Gasteiger partial charge on any atom is 0.243 e. The number of sulfonamides is 1. The number of amides is 2. The minimum absolute atomic E-state index is 0.111. The zero-order chi connectivity index (χ0) is 30.6. The Hall–Kier alpha value is -3.21. The molecule has 3 aliphatic heterocycles. The minimum atomic E-state index is -3.77. The lowest BCUT2D eigenvalue weighted by atomic mass is 9.75. The highest BCUT2D eigenvalue weighted by atomic mass is 32.2. The fourth-order valence-electron chi connectivity index (χ4n) is 6.57. The van der Waals surface area contributed by atoms with E-state index in [-0.39, 0.29) is 41.8 Å². The number of fused-ring (bicyclic) bond motifs is 1. The van der Waals surface area contributed by atoms with Crippen LogP contribution in [0.4, 0.5) is 0 Å². The molecule has 43 heavy (non-hydrogen) atoms. The van der Waals surface area contributed by atoms with E-state index in [4.69, 9.17) is 9.47 Å². The highest BCUT2D eigenvalue weighted by Gasteiger charge is 2.42. The van der Waals surface area contributed by atoms with Crippen molar-refractivity contribution in [3.05, 3.63) is 71.3 Å². The van der Waals surface area contributed by atoms with Gasteiger partial charge in [0.25, 0.3) is 0 Å². The maximum atomic E-state index is 13.9. The molecule has 1 spiro atoms. The molecule has 0 aromatic heterocycles. The topological polar surface area (TPSA) is 114 Å². The van der Waals surface area contributed by atoms with Gasteiger partial charge in [0.1, 0.15) is 11.8 Å². The monoisotopic (exact) mass is 609 g/mol. The van der Waals surface area contributed by atoms with Crippen molar-refractivity contribution in [2.24, 2.45) is 11.3 Å². The van der Waals surface area contributed by atoms with Crippen LogP contribution >= 0.6 is 0 Å². The van der Waals surface area contributed by atoms with Crippen molar-refractivity contribution in [1.29, 1.82) is 0 Å². The molecule has 10 heteroatoms. The van der Waals surface area contributed by atoms with Crippen LogP contribution in [0.5, 0.6) is 5.75 Å². The van der Waals surface area contributed by atoms with Crippen molar-refractivity contribution in [3.8, 4) is 5.75 Å². The van der Waals surface area contributed by atoms with E-state index in [1.165, 1.54) is 0 Å². The molecule has 232 valence electrons. The molecule has 5 rings (SSSR count). The predicted molar refractivity (Wildman–Crippen MR) is 164 cm³/mol. The number of aryl methyl sites for hydroxylation is 2. The first-order chi connectivity index (χ1) is 20.6. The summed E-state index contributed by atoms with van der Waals surface area (Å²) in [6.45, 7) is 5.20. The number of carbonyl (C=O) groups excluding carboxylic acids is 2. The summed E-state index contributed by atoms with van der Waals surface area (Å²) in [5.41, 5.74) is 1.71. The third-order valence-electron chi connectivity index (χ3n) is 9.28. The van der Waals surface area contributed by atoms with Gasteiger partial charge in [-0.3, -0.25) is 9.59 Å². The molecule has 9 nitrogen and oxygen atoms in total. The standard InChI is InChI=1S/C33H43N3O6S/c1-23-20-30(24(2)19-29(23)41-3)43(39,40)36-16-12-27-26(22-36)11-7-8-13-33(14-17-42-18-15-33)32(38)35-28(31(37)34-27)21-25-9-5-4-6-10-25/h4-10,19-20,26-28H,11-18,21-22H2,1-3H3,(H,34,37)(H,35,38)/b8-7+/t26-,27+,28-/m1/s1. The first-order valence-electron chi connectivity index (χ1n) is 15.2. The molecule has 2 amide bonds. The number of methoxy groups -OCH3 is 1. The van der Waals surface area contributed by atoms with Gasteiger partial charge in [-0.2, -0.15) is 4.31 Å². The quantitative estimate of drug-likeness (QED) is 0.500. The van der Waals surface area contributed by atoms with Gasteiger partial charge in [-0.05, 0) is 80.7 Å².